The lowest BCUT2D eigenvalue weighted by Gasteiger charge is -2.19. The Bertz CT molecular complexity index is 194. The zero-order valence-electron chi connectivity index (χ0n) is 9.36. The fraction of sp³-hybridized carbons (Fsp3) is 0.667. The van der Waals surface area contributed by atoms with Crippen LogP contribution in [0.25, 0.3) is 0 Å². The maximum atomic E-state index is 3.96. The van der Waals surface area contributed by atoms with Crippen LogP contribution < -0.4 is 0 Å². The summed E-state index contributed by atoms with van der Waals surface area (Å²) in [5.41, 5.74) is 4.05. The van der Waals surface area contributed by atoms with Crippen molar-refractivity contribution >= 4 is 0 Å². The molecule has 1 unspecified atom stereocenters. The van der Waals surface area contributed by atoms with E-state index in [0.29, 0.717) is 5.92 Å². The van der Waals surface area contributed by atoms with Gasteiger partial charge >= 0.3 is 0 Å². The van der Waals surface area contributed by atoms with Gasteiger partial charge in [0.25, 0.3) is 0 Å². The van der Waals surface area contributed by atoms with Crippen molar-refractivity contribution in [3.8, 4) is 0 Å². The molecule has 0 amide bonds. The van der Waals surface area contributed by atoms with Gasteiger partial charge in [-0.1, -0.05) is 38.5 Å². The summed E-state index contributed by atoms with van der Waals surface area (Å²) in [5.74, 6) is 1.39. The molecule has 0 bridgehead atoms. The molecular weight excluding hydrogens is 144 g/mol. The third kappa shape index (κ3) is 2.84. The molecule has 1 atom stereocenters. The van der Waals surface area contributed by atoms with E-state index < -0.39 is 0 Å². The van der Waals surface area contributed by atoms with Gasteiger partial charge in [0.2, 0.25) is 0 Å². The Morgan fingerprint density at radius 1 is 1.00 bits per heavy atom. The zero-order valence-corrected chi connectivity index (χ0v) is 9.36. The Balaban J connectivity index is 4.66. The van der Waals surface area contributed by atoms with Crippen molar-refractivity contribution in [2.75, 3.05) is 0 Å². The highest BCUT2D eigenvalue weighted by Gasteiger charge is 2.11. The molecule has 0 rings (SSSR count). The number of rotatable bonds is 3. The van der Waals surface area contributed by atoms with Gasteiger partial charge in [0, 0.05) is 0 Å². The molecule has 12 heavy (non-hydrogen) atoms. The first-order chi connectivity index (χ1) is 5.37. The van der Waals surface area contributed by atoms with Crippen molar-refractivity contribution in [1.29, 1.82) is 0 Å². The van der Waals surface area contributed by atoms with E-state index in [1.165, 1.54) is 16.7 Å². The van der Waals surface area contributed by atoms with Crippen molar-refractivity contribution in [1.82, 2.24) is 0 Å². The topological polar surface area (TPSA) is 0 Å². The van der Waals surface area contributed by atoms with Crippen LogP contribution >= 0.6 is 0 Å². The molecule has 0 spiro atoms. The van der Waals surface area contributed by atoms with E-state index in [1.54, 1.807) is 0 Å². The molecule has 0 heterocycles. The Kier molecular flexibility index (Phi) is 4.30. The summed E-state index contributed by atoms with van der Waals surface area (Å²) in [6, 6.07) is 0. The van der Waals surface area contributed by atoms with Gasteiger partial charge in [-0.25, -0.2) is 0 Å². The Labute approximate surface area is 77.4 Å². The SMILES string of the molecule is C=C(C)/C(C)=C(/C)C(C)C(C)C. The summed E-state index contributed by atoms with van der Waals surface area (Å²) >= 11 is 0. The number of allylic oxidation sites excluding steroid dienone is 3. The minimum atomic E-state index is 0.668. The molecule has 0 aliphatic rings. The molecule has 0 N–H and O–H groups in total. The number of hydrogen-bond donors (Lipinski definition) is 0. The normalized spacial score (nSPS) is 15.9. The molecule has 0 aromatic heterocycles. The highest BCUT2D eigenvalue weighted by atomic mass is 14.2. The molecule has 0 fully saturated rings. The highest BCUT2D eigenvalue weighted by Crippen LogP contribution is 2.24. The maximum absolute atomic E-state index is 3.96. The van der Waals surface area contributed by atoms with Gasteiger partial charge in [0.1, 0.15) is 0 Å². The Morgan fingerprint density at radius 3 is 1.67 bits per heavy atom. The van der Waals surface area contributed by atoms with Crippen LogP contribution in [0.3, 0.4) is 0 Å². The molecule has 0 saturated heterocycles. The summed E-state index contributed by atoms with van der Waals surface area (Å²) in [6.07, 6.45) is 0. The first-order valence-corrected chi connectivity index (χ1v) is 4.71. The third-order valence-electron chi connectivity index (χ3n) is 2.91. The average molecular weight is 166 g/mol. The second-order valence-electron chi connectivity index (χ2n) is 4.12. The quantitative estimate of drug-likeness (QED) is 0.551. The van der Waals surface area contributed by atoms with Crippen LogP contribution in [0.5, 0.6) is 0 Å². The fourth-order valence-corrected chi connectivity index (χ4v) is 1.18. The molecule has 0 aliphatic heterocycles. The van der Waals surface area contributed by atoms with Crippen molar-refractivity contribution in [3.63, 3.8) is 0 Å². The van der Waals surface area contributed by atoms with Crippen LogP contribution in [0.1, 0.15) is 41.5 Å². The Morgan fingerprint density at radius 2 is 1.42 bits per heavy atom. The van der Waals surface area contributed by atoms with E-state index in [0.717, 1.165) is 5.92 Å². The van der Waals surface area contributed by atoms with Crippen LogP contribution in [0, 0.1) is 11.8 Å². The van der Waals surface area contributed by atoms with Crippen LogP contribution in [0.4, 0.5) is 0 Å². The van der Waals surface area contributed by atoms with Gasteiger partial charge in [-0.2, -0.15) is 0 Å². The minimum Gasteiger partial charge on any atom is -0.0959 e. The second-order valence-corrected chi connectivity index (χ2v) is 4.12. The molecule has 70 valence electrons. The van der Waals surface area contributed by atoms with E-state index in [-0.39, 0.29) is 0 Å². The van der Waals surface area contributed by atoms with Gasteiger partial charge < -0.3 is 0 Å². The highest BCUT2D eigenvalue weighted by molar-refractivity contribution is 5.29. The van der Waals surface area contributed by atoms with Crippen LogP contribution in [-0.2, 0) is 0 Å². The summed E-state index contributed by atoms with van der Waals surface area (Å²) in [4.78, 5) is 0. The summed E-state index contributed by atoms with van der Waals surface area (Å²) in [5, 5.41) is 0. The third-order valence-corrected chi connectivity index (χ3v) is 2.91. The van der Waals surface area contributed by atoms with Gasteiger partial charge in [0.05, 0.1) is 0 Å². The van der Waals surface area contributed by atoms with Gasteiger partial charge in [-0.05, 0) is 38.2 Å². The van der Waals surface area contributed by atoms with Gasteiger partial charge in [-0.15, -0.1) is 0 Å². The van der Waals surface area contributed by atoms with E-state index in [4.69, 9.17) is 0 Å². The average Bonchev–Trinajstić information content (AvgIpc) is 2.00. The largest absolute Gasteiger partial charge is 0.0959 e. The first kappa shape index (κ1) is 11.5. The van der Waals surface area contributed by atoms with Crippen LogP contribution in [-0.4, -0.2) is 0 Å². The van der Waals surface area contributed by atoms with Crippen molar-refractivity contribution in [2.45, 2.75) is 41.5 Å². The molecule has 0 nitrogen and oxygen atoms in total. The van der Waals surface area contributed by atoms with E-state index in [2.05, 4.69) is 48.1 Å². The van der Waals surface area contributed by atoms with Crippen molar-refractivity contribution < 1.29 is 0 Å². The molecule has 0 aliphatic carbocycles. The first-order valence-electron chi connectivity index (χ1n) is 4.71. The van der Waals surface area contributed by atoms with Gasteiger partial charge in [0.15, 0.2) is 0 Å². The van der Waals surface area contributed by atoms with Crippen LogP contribution in [0.2, 0.25) is 0 Å². The molecular formula is C12H22. The monoisotopic (exact) mass is 166 g/mol. The summed E-state index contributed by atoms with van der Waals surface area (Å²) < 4.78 is 0. The predicted octanol–water partition coefficient (Wildman–Crippen LogP) is 4.19. The lowest BCUT2D eigenvalue weighted by Crippen LogP contribution is -2.07. The zero-order chi connectivity index (χ0) is 9.89. The maximum Gasteiger partial charge on any atom is -0.0206 e. The van der Waals surface area contributed by atoms with Crippen molar-refractivity contribution in [2.24, 2.45) is 11.8 Å². The molecule has 0 saturated carbocycles. The predicted molar refractivity (Wildman–Crippen MR) is 57.2 cm³/mol. The Hall–Kier alpha value is -0.520. The standard InChI is InChI=1S/C12H22/c1-8(2)10(5)12(7)11(6)9(3)4/h9,11H,1H2,2-7H3/b12-10-. The van der Waals surface area contributed by atoms with E-state index in [9.17, 15) is 0 Å². The second kappa shape index (κ2) is 4.49. The molecule has 0 aromatic rings. The van der Waals surface area contributed by atoms with E-state index >= 15 is 0 Å². The summed E-state index contributed by atoms with van der Waals surface area (Å²) in [7, 11) is 0. The van der Waals surface area contributed by atoms with Crippen LogP contribution in [0.15, 0.2) is 23.3 Å². The fourth-order valence-electron chi connectivity index (χ4n) is 1.18. The minimum absolute atomic E-state index is 0.668. The molecule has 0 radical (unpaired) electrons. The lowest BCUT2D eigenvalue weighted by molar-refractivity contribution is 0.477. The van der Waals surface area contributed by atoms with E-state index in [1.807, 2.05) is 0 Å². The summed E-state index contributed by atoms with van der Waals surface area (Å²) in [6.45, 7) is 17.2. The molecule has 0 aromatic carbocycles. The van der Waals surface area contributed by atoms with Gasteiger partial charge in [-0.3, -0.25) is 0 Å². The number of hydrogen-bond acceptors (Lipinski definition) is 0. The molecule has 0 heteroatoms. The lowest BCUT2D eigenvalue weighted by atomic mass is 9.87. The van der Waals surface area contributed by atoms with Crippen molar-refractivity contribution in [3.05, 3.63) is 23.3 Å². The smallest absolute Gasteiger partial charge is 0.0206 e.